The van der Waals surface area contributed by atoms with Gasteiger partial charge in [-0.2, -0.15) is 4.31 Å². The molecule has 4 rings (SSSR count). The van der Waals surface area contributed by atoms with E-state index < -0.39 is 10.0 Å². The molecule has 2 aromatic rings. The fourth-order valence-corrected chi connectivity index (χ4v) is 6.35. The smallest absolute Gasteiger partial charge is 0.243 e. The van der Waals surface area contributed by atoms with E-state index in [2.05, 4.69) is 10.3 Å². The molecule has 2 aliphatic rings. The van der Waals surface area contributed by atoms with Crippen LogP contribution in [0, 0.1) is 11.3 Å². The number of nitrogens with zero attached hydrogens (tertiary/aromatic N) is 2. The van der Waals surface area contributed by atoms with Gasteiger partial charge >= 0.3 is 0 Å². The van der Waals surface area contributed by atoms with Gasteiger partial charge in [-0.1, -0.05) is 43.5 Å². The van der Waals surface area contributed by atoms with Crippen LogP contribution in [0.1, 0.15) is 37.8 Å². The Bertz CT molecular complexity index is 942. The molecule has 1 atom stereocenters. The van der Waals surface area contributed by atoms with Gasteiger partial charge in [0.2, 0.25) is 15.9 Å². The molecule has 1 N–H and O–H groups in total. The monoisotopic (exact) mass is 413 g/mol. The molecule has 154 valence electrons. The lowest BCUT2D eigenvalue weighted by atomic mass is 9.67. The summed E-state index contributed by atoms with van der Waals surface area (Å²) in [5.74, 6) is -0.395. The molecule has 1 saturated heterocycles. The molecule has 6 nitrogen and oxygen atoms in total. The maximum atomic E-state index is 13.2. The van der Waals surface area contributed by atoms with Gasteiger partial charge in [0.05, 0.1) is 23.1 Å². The molecule has 2 heterocycles. The summed E-state index contributed by atoms with van der Waals surface area (Å²) in [7, 11) is -3.61. The van der Waals surface area contributed by atoms with Crippen molar-refractivity contribution in [3.8, 4) is 0 Å². The average molecular weight is 414 g/mol. The predicted octanol–water partition coefficient (Wildman–Crippen LogP) is 2.97. The first-order chi connectivity index (χ1) is 14.0. The molecule has 2 fully saturated rings. The Morgan fingerprint density at radius 2 is 1.79 bits per heavy atom. The van der Waals surface area contributed by atoms with Crippen LogP contribution in [0.15, 0.2) is 59.6 Å². The van der Waals surface area contributed by atoms with E-state index >= 15 is 0 Å². The fourth-order valence-electron chi connectivity index (χ4n) is 4.77. The second kappa shape index (κ2) is 8.24. The maximum Gasteiger partial charge on any atom is 0.243 e. The molecule has 1 saturated carbocycles. The molecule has 1 aromatic carbocycles. The van der Waals surface area contributed by atoms with Crippen molar-refractivity contribution in [1.82, 2.24) is 14.6 Å². The van der Waals surface area contributed by atoms with Crippen LogP contribution in [0.2, 0.25) is 0 Å². The van der Waals surface area contributed by atoms with Crippen molar-refractivity contribution in [1.29, 1.82) is 0 Å². The summed E-state index contributed by atoms with van der Waals surface area (Å²) in [6.07, 6.45) is 6.74. The second-order valence-corrected chi connectivity index (χ2v) is 10.1. The zero-order chi connectivity index (χ0) is 20.3. The van der Waals surface area contributed by atoms with Gasteiger partial charge in [-0.3, -0.25) is 9.78 Å². The van der Waals surface area contributed by atoms with Crippen molar-refractivity contribution in [3.63, 3.8) is 0 Å². The number of hydrogen-bond acceptors (Lipinski definition) is 4. The van der Waals surface area contributed by atoms with Gasteiger partial charge in [-0.25, -0.2) is 8.42 Å². The molecule has 1 aromatic heterocycles. The molecule has 0 bridgehead atoms. The zero-order valence-electron chi connectivity index (χ0n) is 16.5. The Balaban J connectivity index is 1.55. The van der Waals surface area contributed by atoms with Crippen LogP contribution in [0.5, 0.6) is 0 Å². The SMILES string of the molecule is O=C(NCc1ccccn1)C1CN(S(=O)(=O)c2ccccc2)CC12CCCCC2. The molecule has 1 aliphatic heterocycles. The van der Waals surface area contributed by atoms with Crippen LogP contribution in [-0.4, -0.2) is 36.7 Å². The number of carbonyl (C=O) groups excluding carboxylic acids is 1. The first kappa shape index (κ1) is 20.0. The zero-order valence-corrected chi connectivity index (χ0v) is 17.3. The minimum atomic E-state index is -3.61. The number of amides is 1. The Morgan fingerprint density at radius 1 is 1.07 bits per heavy atom. The number of hydrogen-bond donors (Lipinski definition) is 1. The molecule has 1 spiro atoms. The average Bonchev–Trinajstić information content (AvgIpc) is 3.13. The minimum absolute atomic E-state index is 0.0664. The quantitative estimate of drug-likeness (QED) is 0.817. The first-order valence-corrected chi connectivity index (χ1v) is 11.7. The van der Waals surface area contributed by atoms with E-state index in [1.54, 1.807) is 36.5 Å². The third kappa shape index (κ3) is 4.07. The summed E-state index contributed by atoms with van der Waals surface area (Å²) in [4.78, 5) is 17.7. The van der Waals surface area contributed by atoms with E-state index in [0.717, 1.165) is 37.8 Å². The van der Waals surface area contributed by atoms with Crippen molar-refractivity contribution < 1.29 is 13.2 Å². The molecule has 1 aliphatic carbocycles. The number of carbonyl (C=O) groups is 1. The molecule has 1 amide bonds. The minimum Gasteiger partial charge on any atom is -0.350 e. The van der Waals surface area contributed by atoms with E-state index in [0.29, 0.717) is 18.0 Å². The third-order valence-corrected chi connectivity index (χ3v) is 8.16. The lowest BCUT2D eigenvalue weighted by Crippen LogP contribution is -2.42. The van der Waals surface area contributed by atoms with E-state index in [9.17, 15) is 13.2 Å². The van der Waals surface area contributed by atoms with E-state index in [4.69, 9.17) is 0 Å². The van der Waals surface area contributed by atoms with Crippen LogP contribution >= 0.6 is 0 Å². The largest absolute Gasteiger partial charge is 0.350 e. The lowest BCUT2D eigenvalue weighted by Gasteiger charge is -2.37. The Labute approximate surface area is 172 Å². The van der Waals surface area contributed by atoms with E-state index in [1.165, 1.54) is 4.31 Å². The first-order valence-electron chi connectivity index (χ1n) is 10.2. The van der Waals surface area contributed by atoms with Crippen molar-refractivity contribution in [2.75, 3.05) is 13.1 Å². The number of pyridine rings is 1. The highest BCUT2D eigenvalue weighted by Crippen LogP contribution is 2.48. The van der Waals surface area contributed by atoms with E-state index in [-0.39, 0.29) is 23.8 Å². The van der Waals surface area contributed by atoms with Crippen LogP contribution in [0.4, 0.5) is 0 Å². The Morgan fingerprint density at radius 3 is 2.48 bits per heavy atom. The number of rotatable bonds is 5. The third-order valence-electron chi connectivity index (χ3n) is 6.33. The fraction of sp³-hybridized carbons (Fsp3) is 0.455. The molecule has 29 heavy (non-hydrogen) atoms. The summed E-state index contributed by atoms with van der Waals surface area (Å²) in [5, 5.41) is 3.00. The molecular weight excluding hydrogens is 386 g/mol. The summed E-state index contributed by atoms with van der Waals surface area (Å²) >= 11 is 0. The second-order valence-electron chi connectivity index (χ2n) is 8.13. The topological polar surface area (TPSA) is 79.4 Å². The van der Waals surface area contributed by atoms with Gasteiger partial charge in [-0.05, 0) is 42.5 Å². The van der Waals surface area contributed by atoms with Gasteiger partial charge in [0.1, 0.15) is 0 Å². The molecule has 7 heteroatoms. The standard InChI is InChI=1S/C22H27N3O3S/c26-21(24-15-18-9-5-8-14-23-18)20-16-25(17-22(20)12-6-2-7-13-22)29(27,28)19-10-3-1-4-11-19/h1,3-5,8-11,14,20H,2,6-7,12-13,15-17H2,(H,24,26). The van der Waals surface area contributed by atoms with Crippen LogP contribution < -0.4 is 5.32 Å². The predicted molar refractivity (Wildman–Crippen MR) is 110 cm³/mol. The summed E-state index contributed by atoms with van der Waals surface area (Å²) in [6.45, 7) is 1.02. The Hall–Kier alpha value is -2.25. The number of nitrogens with one attached hydrogen (secondary N) is 1. The highest BCUT2D eigenvalue weighted by molar-refractivity contribution is 7.89. The lowest BCUT2D eigenvalue weighted by molar-refractivity contribution is -0.128. The van der Waals surface area contributed by atoms with Gasteiger partial charge < -0.3 is 5.32 Å². The normalized spacial score (nSPS) is 21.9. The number of sulfonamides is 1. The number of benzene rings is 1. The van der Waals surface area contributed by atoms with Crippen molar-refractivity contribution >= 4 is 15.9 Å². The van der Waals surface area contributed by atoms with Crippen molar-refractivity contribution in [2.24, 2.45) is 11.3 Å². The molecule has 1 unspecified atom stereocenters. The van der Waals surface area contributed by atoms with Crippen LogP contribution in [-0.2, 0) is 21.4 Å². The summed E-state index contributed by atoms with van der Waals surface area (Å²) < 4.78 is 27.9. The molecule has 0 radical (unpaired) electrons. The highest BCUT2D eigenvalue weighted by Gasteiger charge is 2.53. The Kier molecular flexibility index (Phi) is 5.69. The van der Waals surface area contributed by atoms with Crippen molar-refractivity contribution in [3.05, 3.63) is 60.4 Å². The maximum absolute atomic E-state index is 13.2. The van der Waals surface area contributed by atoms with Crippen LogP contribution in [0.25, 0.3) is 0 Å². The van der Waals surface area contributed by atoms with Crippen LogP contribution in [0.3, 0.4) is 0 Å². The van der Waals surface area contributed by atoms with Gasteiger partial charge in [0, 0.05) is 19.3 Å². The summed E-state index contributed by atoms with van der Waals surface area (Å²) in [5.41, 5.74) is 0.527. The van der Waals surface area contributed by atoms with Gasteiger partial charge in [-0.15, -0.1) is 0 Å². The van der Waals surface area contributed by atoms with Crippen molar-refractivity contribution in [2.45, 2.75) is 43.5 Å². The molecular formula is C22H27N3O3S. The highest BCUT2D eigenvalue weighted by atomic mass is 32.2. The van der Waals surface area contributed by atoms with E-state index in [1.807, 2.05) is 18.2 Å². The van der Waals surface area contributed by atoms with Gasteiger partial charge in [0.15, 0.2) is 0 Å². The van der Waals surface area contributed by atoms with Gasteiger partial charge in [0.25, 0.3) is 0 Å². The summed E-state index contributed by atoms with van der Waals surface area (Å²) in [6, 6.07) is 14.1. The number of aromatic nitrogens is 1.